The molecular formula is C53H38N2S. The summed E-state index contributed by atoms with van der Waals surface area (Å²) in [6.07, 6.45) is 5.94. The molecule has 0 aliphatic heterocycles. The molecule has 2 aliphatic carbocycles. The third-order valence-corrected chi connectivity index (χ3v) is 13.8. The molecule has 0 amide bonds. The first-order valence-electron chi connectivity index (χ1n) is 19.7. The van der Waals surface area contributed by atoms with Crippen LogP contribution in [0.4, 0.5) is 11.4 Å². The Morgan fingerprint density at radius 1 is 0.571 bits per heavy atom. The van der Waals surface area contributed by atoms with Crippen LogP contribution in [0.5, 0.6) is 0 Å². The zero-order chi connectivity index (χ0) is 37.1. The van der Waals surface area contributed by atoms with E-state index in [0.29, 0.717) is 0 Å². The Kier molecular flexibility index (Phi) is 6.71. The highest BCUT2D eigenvalue weighted by Gasteiger charge is 2.36. The molecule has 12 rings (SSSR count). The monoisotopic (exact) mass is 734 g/mol. The van der Waals surface area contributed by atoms with Gasteiger partial charge in [-0.15, -0.1) is 11.3 Å². The maximum atomic E-state index is 2.62. The Bertz CT molecular complexity index is 3380. The van der Waals surface area contributed by atoms with Gasteiger partial charge in [-0.3, -0.25) is 0 Å². The van der Waals surface area contributed by atoms with Gasteiger partial charge in [0.25, 0.3) is 0 Å². The van der Waals surface area contributed by atoms with Crippen LogP contribution in [0.2, 0.25) is 0 Å². The number of thiophene rings is 1. The van der Waals surface area contributed by atoms with Gasteiger partial charge in [0.2, 0.25) is 0 Å². The average Bonchev–Trinajstić information content (AvgIpc) is 3.87. The molecule has 0 fully saturated rings. The molecule has 1 atom stereocenters. The Morgan fingerprint density at radius 2 is 1.21 bits per heavy atom. The largest absolute Gasteiger partial charge is 0.334 e. The van der Waals surface area contributed by atoms with Gasteiger partial charge in [0.05, 0.1) is 17.1 Å². The third kappa shape index (κ3) is 4.43. The highest BCUT2D eigenvalue weighted by atomic mass is 32.1. The molecule has 0 bridgehead atoms. The van der Waals surface area contributed by atoms with E-state index < -0.39 is 0 Å². The maximum Gasteiger partial charge on any atom is 0.0625 e. The molecule has 266 valence electrons. The molecular weight excluding hydrogens is 697 g/mol. The second kappa shape index (κ2) is 11.8. The molecule has 8 aromatic carbocycles. The number of fused-ring (bicyclic) bond motifs is 14. The molecule has 2 aromatic heterocycles. The fourth-order valence-electron chi connectivity index (χ4n) is 10.1. The van der Waals surface area contributed by atoms with Crippen LogP contribution < -0.4 is 14.7 Å². The summed E-state index contributed by atoms with van der Waals surface area (Å²) >= 11 is 1.91. The van der Waals surface area contributed by atoms with Crippen LogP contribution in [-0.2, 0) is 5.41 Å². The van der Waals surface area contributed by atoms with Crippen LogP contribution in [-0.4, -0.2) is 10.6 Å². The van der Waals surface area contributed by atoms with Crippen LogP contribution in [0, 0.1) is 0 Å². The lowest BCUT2D eigenvalue weighted by atomic mass is 9.82. The number of hydrogen-bond acceptors (Lipinski definition) is 2. The first kappa shape index (κ1) is 31.9. The molecule has 0 N–H and O–H groups in total. The van der Waals surface area contributed by atoms with Crippen molar-refractivity contribution in [1.29, 1.82) is 0 Å². The third-order valence-electron chi connectivity index (χ3n) is 12.7. The number of hydrogen-bond donors (Lipinski definition) is 0. The molecule has 56 heavy (non-hydrogen) atoms. The predicted octanol–water partition coefficient (Wildman–Crippen LogP) is 12.8. The smallest absolute Gasteiger partial charge is 0.0625 e. The van der Waals surface area contributed by atoms with Crippen LogP contribution in [0.3, 0.4) is 0 Å². The Morgan fingerprint density at radius 3 is 2.05 bits per heavy atom. The van der Waals surface area contributed by atoms with Gasteiger partial charge in [-0.25, -0.2) is 0 Å². The van der Waals surface area contributed by atoms with Crippen molar-refractivity contribution in [2.45, 2.75) is 31.7 Å². The molecule has 2 nitrogen and oxygen atoms in total. The summed E-state index contributed by atoms with van der Waals surface area (Å²) < 4.78 is 5.20. The summed E-state index contributed by atoms with van der Waals surface area (Å²) in [7, 11) is 0. The quantitative estimate of drug-likeness (QED) is 0.163. The van der Waals surface area contributed by atoms with Crippen LogP contribution >= 0.6 is 11.3 Å². The van der Waals surface area contributed by atoms with E-state index in [1.165, 1.54) is 103 Å². The van der Waals surface area contributed by atoms with Crippen molar-refractivity contribution in [2.75, 3.05) is 4.90 Å². The standard InChI is InChI=1S/C53H38N2S/c1-53(2)46-22-12-10-18-39(46)40-27-24-35(31-47(40)53)54(36-25-28-42-41-19-11-13-23-49(41)56-50(42)32-36)34-26-29-48-45(30-34)51-43-20-8-6-16-37(43)38-17-7-9-21-44(38)52(51)55(48)33-14-4-3-5-15-33/h3-24,26-32,36H,25H2,1-2H3. The number of anilines is 2. The van der Waals surface area contributed by atoms with Gasteiger partial charge < -0.3 is 9.47 Å². The van der Waals surface area contributed by atoms with Crippen molar-refractivity contribution in [3.63, 3.8) is 0 Å². The molecule has 0 saturated heterocycles. The minimum absolute atomic E-state index is 0.0955. The van der Waals surface area contributed by atoms with Crippen molar-refractivity contribution in [3.05, 3.63) is 185 Å². The van der Waals surface area contributed by atoms with Crippen molar-refractivity contribution in [3.8, 4) is 16.8 Å². The number of rotatable bonds is 4. The van der Waals surface area contributed by atoms with Gasteiger partial charge in [-0.05, 0) is 110 Å². The highest BCUT2D eigenvalue weighted by molar-refractivity contribution is 7.17. The van der Waals surface area contributed by atoms with E-state index >= 15 is 0 Å². The van der Waals surface area contributed by atoms with Crippen molar-refractivity contribution < 1.29 is 0 Å². The number of para-hydroxylation sites is 1. The average molecular weight is 735 g/mol. The molecule has 2 aliphatic rings. The lowest BCUT2D eigenvalue weighted by Crippen LogP contribution is -2.36. The Balaban J connectivity index is 1.15. The van der Waals surface area contributed by atoms with E-state index in [1.807, 2.05) is 11.3 Å². The Hall–Kier alpha value is -6.42. The molecule has 1 unspecified atom stereocenters. The van der Waals surface area contributed by atoms with E-state index in [2.05, 4.69) is 199 Å². The van der Waals surface area contributed by atoms with E-state index in [1.54, 1.807) is 0 Å². The van der Waals surface area contributed by atoms with Gasteiger partial charge in [0.1, 0.15) is 0 Å². The minimum atomic E-state index is -0.0955. The summed E-state index contributed by atoms with van der Waals surface area (Å²) in [5.74, 6) is 0. The zero-order valence-corrected chi connectivity index (χ0v) is 32.1. The van der Waals surface area contributed by atoms with E-state index in [-0.39, 0.29) is 11.5 Å². The summed E-state index contributed by atoms with van der Waals surface area (Å²) in [5, 5.41) is 10.4. The normalized spacial score (nSPS) is 15.5. The van der Waals surface area contributed by atoms with E-state index in [0.717, 1.165) is 6.42 Å². The second-order valence-corrected chi connectivity index (χ2v) is 17.1. The minimum Gasteiger partial charge on any atom is -0.334 e. The molecule has 3 heteroatoms. The summed E-state index contributed by atoms with van der Waals surface area (Å²) in [6, 6.07) is 61.2. The number of aromatic nitrogens is 1. The molecule has 0 spiro atoms. The summed E-state index contributed by atoms with van der Waals surface area (Å²) in [4.78, 5) is 2.62. The molecule has 0 radical (unpaired) electrons. The summed E-state index contributed by atoms with van der Waals surface area (Å²) in [5.41, 5.74) is 11.5. The van der Waals surface area contributed by atoms with Gasteiger partial charge in [-0.2, -0.15) is 0 Å². The molecule has 10 aromatic rings. The van der Waals surface area contributed by atoms with Gasteiger partial charge in [0.15, 0.2) is 0 Å². The highest BCUT2D eigenvalue weighted by Crippen LogP contribution is 2.51. The second-order valence-electron chi connectivity index (χ2n) is 16.0. The molecule has 0 saturated carbocycles. The molecule has 2 heterocycles. The van der Waals surface area contributed by atoms with Crippen molar-refractivity contribution in [2.24, 2.45) is 0 Å². The topological polar surface area (TPSA) is 8.17 Å². The first-order chi connectivity index (χ1) is 27.5. The fourth-order valence-corrected chi connectivity index (χ4v) is 11.3. The predicted molar refractivity (Wildman–Crippen MR) is 240 cm³/mol. The van der Waals surface area contributed by atoms with Crippen molar-refractivity contribution >= 4 is 88.3 Å². The summed E-state index contributed by atoms with van der Waals surface area (Å²) in [6.45, 7) is 4.77. The first-order valence-corrected chi connectivity index (χ1v) is 20.5. The van der Waals surface area contributed by atoms with E-state index in [4.69, 9.17) is 0 Å². The fraction of sp³-hybridized carbons (Fsp3) is 0.0943. The van der Waals surface area contributed by atoms with E-state index in [9.17, 15) is 0 Å². The SMILES string of the molecule is CC1(C)c2ccccc2-c2ccc(N(c3ccc4c(c3)c3c5ccccc5c5ccccc5c3n4-c3ccccc3)C3C=c4sc5ccccc5c4=CC3)cc21. The van der Waals surface area contributed by atoms with Crippen LogP contribution in [0.1, 0.15) is 31.4 Å². The number of nitrogens with zero attached hydrogens (tertiary/aromatic N) is 2. The lowest BCUT2D eigenvalue weighted by Gasteiger charge is -2.34. The van der Waals surface area contributed by atoms with Crippen LogP contribution in [0.25, 0.3) is 82.4 Å². The van der Waals surface area contributed by atoms with Gasteiger partial charge in [0, 0.05) is 47.9 Å². The Labute approximate surface area is 329 Å². The zero-order valence-electron chi connectivity index (χ0n) is 31.3. The maximum absolute atomic E-state index is 2.62. The van der Waals surface area contributed by atoms with Crippen LogP contribution in [0.15, 0.2) is 164 Å². The van der Waals surface area contributed by atoms with Gasteiger partial charge in [-0.1, -0.05) is 135 Å². The van der Waals surface area contributed by atoms with Crippen molar-refractivity contribution in [1.82, 2.24) is 4.57 Å². The lowest BCUT2D eigenvalue weighted by molar-refractivity contribution is 0.660. The van der Waals surface area contributed by atoms with Gasteiger partial charge >= 0.3 is 0 Å². The number of benzene rings is 8.